The van der Waals surface area contributed by atoms with E-state index in [9.17, 15) is 25.2 Å². The molecule has 30 heavy (non-hydrogen) atoms. The Kier molecular flexibility index (Phi) is 5.02. The summed E-state index contributed by atoms with van der Waals surface area (Å²) in [6, 6.07) is 6.37. The van der Waals surface area contributed by atoms with Crippen LogP contribution in [0, 0.1) is 5.92 Å². The molecular weight excluding hydrogens is 390 g/mol. The third-order valence-corrected chi connectivity index (χ3v) is 7.68. The van der Waals surface area contributed by atoms with Crippen molar-refractivity contribution in [2.24, 2.45) is 5.92 Å². The summed E-state index contributed by atoms with van der Waals surface area (Å²) in [6.07, 6.45) is -1.10. The molecule has 2 bridgehead atoms. The standard InChI is InChI=1S/C22H29NO7/c24-16-17(25)19(20(27)28)30-21(18(16)26)29-12-5-4-11-9-15-13-3-1-2-6-22(13,7-8-23-15)14(11)10-12/h4-5,10,13,15-19,21,23-26H,1-3,6-9H2,(H,27,28)/t13-,15-,16-,17+,18+,19-,21-,22-/m1/s1. The summed E-state index contributed by atoms with van der Waals surface area (Å²) in [5.74, 6) is -0.342. The van der Waals surface area contributed by atoms with Crippen LogP contribution in [0.4, 0.5) is 0 Å². The van der Waals surface area contributed by atoms with Crippen LogP contribution in [0.2, 0.25) is 0 Å². The van der Waals surface area contributed by atoms with E-state index in [1.807, 2.05) is 12.1 Å². The molecule has 2 aliphatic carbocycles. The lowest BCUT2D eigenvalue weighted by molar-refractivity contribution is -0.271. The number of aliphatic carboxylic acids is 1. The van der Waals surface area contributed by atoms with Gasteiger partial charge in [0, 0.05) is 11.5 Å². The van der Waals surface area contributed by atoms with Crippen LogP contribution in [0.25, 0.3) is 0 Å². The molecule has 3 fully saturated rings. The van der Waals surface area contributed by atoms with E-state index in [0.29, 0.717) is 17.7 Å². The lowest BCUT2D eigenvalue weighted by Crippen LogP contribution is -2.61. The largest absolute Gasteiger partial charge is 0.479 e. The highest BCUT2D eigenvalue weighted by molar-refractivity contribution is 5.73. The summed E-state index contributed by atoms with van der Waals surface area (Å²) in [7, 11) is 0. The number of hydrogen-bond acceptors (Lipinski definition) is 7. The Morgan fingerprint density at radius 2 is 1.97 bits per heavy atom. The minimum absolute atomic E-state index is 0.131. The van der Waals surface area contributed by atoms with Crippen LogP contribution in [-0.4, -0.2) is 69.7 Å². The number of aliphatic hydroxyl groups is 3. The first-order chi connectivity index (χ1) is 14.4. The number of piperidine rings is 1. The zero-order valence-electron chi connectivity index (χ0n) is 16.7. The highest BCUT2D eigenvalue weighted by Crippen LogP contribution is 2.54. The quantitative estimate of drug-likeness (QED) is 0.473. The van der Waals surface area contributed by atoms with Gasteiger partial charge >= 0.3 is 5.97 Å². The summed E-state index contributed by atoms with van der Waals surface area (Å²) in [5, 5.41) is 43.1. The van der Waals surface area contributed by atoms with E-state index in [1.54, 1.807) is 6.07 Å². The van der Waals surface area contributed by atoms with Crippen LogP contribution in [-0.2, 0) is 21.4 Å². The zero-order valence-corrected chi connectivity index (χ0v) is 16.7. The van der Waals surface area contributed by atoms with E-state index in [2.05, 4.69) is 5.32 Å². The minimum atomic E-state index is -1.73. The molecule has 0 aromatic heterocycles. The van der Waals surface area contributed by atoms with Crippen LogP contribution in [0.5, 0.6) is 5.75 Å². The number of rotatable bonds is 3. The van der Waals surface area contributed by atoms with E-state index >= 15 is 0 Å². The van der Waals surface area contributed by atoms with Gasteiger partial charge in [0.05, 0.1) is 0 Å². The predicted molar refractivity (Wildman–Crippen MR) is 105 cm³/mol. The van der Waals surface area contributed by atoms with Crippen molar-refractivity contribution in [3.05, 3.63) is 29.3 Å². The number of aliphatic hydroxyl groups excluding tert-OH is 3. The maximum absolute atomic E-state index is 11.3. The Bertz CT molecular complexity index is 828. The van der Waals surface area contributed by atoms with E-state index in [4.69, 9.17) is 9.47 Å². The van der Waals surface area contributed by atoms with Gasteiger partial charge in [0.1, 0.15) is 24.1 Å². The van der Waals surface area contributed by atoms with Gasteiger partial charge in [-0.3, -0.25) is 0 Å². The molecule has 4 aliphatic rings. The number of ether oxygens (including phenoxy) is 2. The third-order valence-electron chi connectivity index (χ3n) is 7.68. The summed E-state index contributed by atoms with van der Waals surface area (Å²) in [5.41, 5.74) is 2.73. The van der Waals surface area contributed by atoms with Crippen molar-refractivity contribution >= 4 is 5.97 Å². The molecule has 0 radical (unpaired) electrons. The Morgan fingerprint density at radius 1 is 1.13 bits per heavy atom. The Labute approximate surface area is 174 Å². The second-order valence-electron chi connectivity index (χ2n) is 9.20. The average Bonchev–Trinajstić information content (AvgIpc) is 2.74. The maximum atomic E-state index is 11.3. The number of carboxylic acid groups (broad SMARTS) is 1. The van der Waals surface area contributed by atoms with Crippen LogP contribution in [0.3, 0.4) is 0 Å². The lowest BCUT2D eigenvalue weighted by Gasteiger charge is -2.56. The highest BCUT2D eigenvalue weighted by Gasteiger charge is 2.52. The molecule has 0 spiro atoms. The number of nitrogens with one attached hydrogen (secondary N) is 1. The zero-order chi connectivity index (χ0) is 21.0. The molecule has 164 valence electrons. The summed E-state index contributed by atoms with van der Waals surface area (Å²) in [6.45, 7) is 1.00. The van der Waals surface area contributed by atoms with E-state index in [0.717, 1.165) is 25.8 Å². The van der Waals surface area contributed by atoms with Crippen molar-refractivity contribution in [1.82, 2.24) is 5.32 Å². The van der Waals surface area contributed by atoms with Crippen LogP contribution >= 0.6 is 0 Å². The maximum Gasteiger partial charge on any atom is 0.335 e. The fourth-order valence-electron chi connectivity index (χ4n) is 6.26. The van der Waals surface area contributed by atoms with E-state index in [-0.39, 0.29) is 5.41 Å². The Morgan fingerprint density at radius 3 is 2.77 bits per heavy atom. The molecule has 1 saturated carbocycles. The van der Waals surface area contributed by atoms with Gasteiger partial charge in [0.25, 0.3) is 0 Å². The molecule has 2 heterocycles. The molecule has 0 amide bonds. The predicted octanol–water partition coefficient (Wildman–Crippen LogP) is 0.304. The van der Waals surface area contributed by atoms with Crippen molar-refractivity contribution in [2.45, 2.75) is 80.7 Å². The molecule has 0 unspecified atom stereocenters. The highest BCUT2D eigenvalue weighted by atomic mass is 16.7. The number of carboxylic acids is 1. The molecule has 5 N–H and O–H groups in total. The molecule has 8 heteroatoms. The number of carbonyl (C=O) groups is 1. The van der Waals surface area contributed by atoms with Crippen molar-refractivity contribution in [2.75, 3.05) is 6.54 Å². The molecule has 1 aromatic rings. The topological polar surface area (TPSA) is 128 Å². The van der Waals surface area contributed by atoms with E-state index < -0.39 is 36.7 Å². The normalized spacial score (nSPS) is 42.7. The van der Waals surface area contributed by atoms with Crippen molar-refractivity contribution in [1.29, 1.82) is 0 Å². The summed E-state index contributed by atoms with van der Waals surface area (Å²) < 4.78 is 11.1. The summed E-state index contributed by atoms with van der Waals surface area (Å²) in [4.78, 5) is 11.3. The number of fused-ring (bicyclic) bond motifs is 1. The molecule has 1 aromatic carbocycles. The molecule has 8 atom stereocenters. The summed E-state index contributed by atoms with van der Waals surface area (Å²) >= 11 is 0. The number of hydrogen-bond donors (Lipinski definition) is 5. The first-order valence-electron chi connectivity index (χ1n) is 10.9. The first kappa shape index (κ1) is 20.2. The smallest absolute Gasteiger partial charge is 0.335 e. The number of benzene rings is 1. The second kappa shape index (κ2) is 7.46. The van der Waals surface area contributed by atoms with Gasteiger partial charge in [-0.05, 0) is 61.4 Å². The Hall–Kier alpha value is -1.71. The van der Waals surface area contributed by atoms with E-state index in [1.165, 1.54) is 30.4 Å². The fourth-order valence-corrected chi connectivity index (χ4v) is 6.26. The van der Waals surface area contributed by atoms with Gasteiger partial charge in [0.2, 0.25) is 6.29 Å². The molecule has 2 aliphatic heterocycles. The molecule has 8 nitrogen and oxygen atoms in total. The van der Waals surface area contributed by atoms with Crippen molar-refractivity contribution < 1.29 is 34.7 Å². The van der Waals surface area contributed by atoms with Crippen LogP contribution in [0.15, 0.2) is 18.2 Å². The van der Waals surface area contributed by atoms with Crippen molar-refractivity contribution in [3.63, 3.8) is 0 Å². The first-order valence-corrected chi connectivity index (χ1v) is 10.9. The lowest BCUT2D eigenvalue weighted by atomic mass is 9.53. The second-order valence-corrected chi connectivity index (χ2v) is 9.20. The van der Waals surface area contributed by atoms with Gasteiger partial charge in [0.15, 0.2) is 6.10 Å². The molecular formula is C22H29NO7. The fraction of sp³-hybridized carbons (Fsp3) is 0.682. The monoisotopic (exact) mass is 419 g/mol. The average molecular weight is 419 g/mol. The Balaban J connectivity index is 1.44. The van der Waals surface area contributed by atoms with Gasteiger partial charge in [-0.1, -0.05) is 18.9 Å². The van der Waals surface area contributed by atoms with Crippen molar-refractivity contribution in [3.8, 4) is 5.75 Å². The minimum Gasteiger partial charge on any atom is -0.479 e. The van der Waals surface area contributed by atoms with Gasteiger partial charge < -0.3 is 35.2 Å². The van der Waals surface area contributed by atoms with Crippen LogP contribution in [0.1, 0.15) is 43.2 Å². The SMILES string of the molecule is O=C(O)[C@@H]1O[C@@H](Oc2ccc3c(c2)[C@@]24CCCC[C@@H]2[C@@H](C3)NCC4)[C@@H](O)[C@H](O)[C@@H]1O. The molecule has 2 saturated heterocycles. The van der Waals surface area contributed by atoms with Gasteiger partial charge in [-0.15, -0.1) is 0 Å². The third kappa shape index (κ3) is 3.05. The van der Waals surface area contributed by atoms with Crippen LogP contribution < -0.4 is 10.1 Å². The van der Waals surface area contributed by atoms with Gasteiger partial charge in [-0.2, -0.15) is 0 Å². The molecule has 5 rings (SSSR count). The van der Waals surface area contributed by atoms with Gasteiger partial charge in [-0.25, -0.2) is 4.79 Å².